The summed E-state index contributed by atoms with van der Waals surface area (Å²) >= 11 is 4.91. The number of thiophene rings is 1. The first kappa shape index (κ1) is 15.7. The third-order valence-corrected chi connectivity index (χ3v) is 4.79. The zero-order valence-corrected chi connectivity index (χ0v) is 14.6. The highest BCUT2D eigenvalue weighted by molar-refractivity contribution is 9.10. The van der Waals surface area contributed by atoms with Gasteiger partial charge >= 0.3 is 0 Å². The number of hydrazone groups is 1. The smallest absolute Gasteiger partial charge is 0.271 e. The number of hydrogen-bond donors (Lipinski definition) is 1. The Labute approximate surface area is 145 Å². The quantitative estimate of drug-likeness (QED) is 0.530. The van der Waals surface area contributed by atoms with Crippen LogP contribution in [0.1, 0.15) is 15.2 Å². The topological polar surface area (TPSA) is 50.7 Å². The van der Waals surface area contributed by atoms with Gasteiger partial charge in [0, 0.05) is 20.1 Å². The molecule has 23 heavy (non-hydrogen) atoms. The maximum atomic E-state index is 12.0. The molecule has 0 spiro atoms. The van der Waals surface area contributed by atoms with Crippen molar-refractivity contribution < 1.29 is 9.53 Å². The van der Waals surface area contributed by atoms with Gasteiger partial charge in [-0.05, 0) is 30.3 Å². The number of amides is 1. The normalized spacial score (nSPS) is 11.0. The number of fused-ring (bicyclic) bond motifs is 1. The maximum absolute atomic E-state index is 12.0. The lowest BCUT2D eigenvalue weighted by atomic mass is 10.2. The predicted octanol–water partition coefficient (Wildman–Crippen LogP) is 4.44. The van der Waals surface area contributed by atoms with Crippen molar-refractivity contribution in [2.45, 2.75) is 0 Å². The first-order chi connectivity index (χ1) is 11.2. The number of halogens is 1. The molecule has 4 nitrogen and oxygen atoms in total. The number of carbonyl (C=O) groups is 1. The van der Waals surface area contributed by atoms with Crippen LogP contribution in [-0.4, -0.2) is 19.2 Å². The fourth-order valence-corrected chi connectivity index (χ4v) is 3.62. The molecule has 3 rings (SSSR count). The fourth-order valence-electron chi connectivity index (χ4n) is 2.18. The van der Waals surface area contributed by atoms with E-state index in [1.165, 1.54) is 0 Å². The average Bonchev–Trinajstić information content (AvgIpc) is 2.92. The first-order valence-electron chi connectivity index (χ1n) is 6.83. The standard InChI is InChI=1S/C17H13BrN2O2S/c1-22-16-13-7-2-3-8-14(13)23-15(16)10-19-20-17(21)11-5-4-6-12(18)9-11/h2-10H,1H3,(H,20,21)/b19-10-. The molecule has 0 saturated carbocycles. The summed E-state index contributed by atoms with van der Waals surface area (Å²) in [7, 11) is 1.63. The molecule has 2 aromatic carbocycles. The van der Waals surface area contributed by atoms with Crippen molar-refractivity contribution in [1.29, 1.82) is 0 Å². The van der Waals surface area contributed by atoms with Gasteiger partial charge in [0.25, 0.3) is 5.91 Å². The van der Waals surface area contributed by atoms with Gasteiger partial charge in [-0.15, -0.1) is 11.3 Å². The van der Waals surface area contributed by atoms with Crippen LogP contribution in [0.5, 0.6) is 5.75 Å². The molecule has 0 fully saturated rings. The predicted molar refractivity (Wildman–Crippen MR) is 97.6 cm³/mol. The van der Waals surface area contributed by atoms with Crippen LogP contribution in [0, 0.1) is 0 Å². The van der Waals surface area contributed by atoms with Gasteiger partial charge in [0.2, 0.25) is 0 Å². The zero-order chi connectivity index (χ0) is 16.2. The summed E-state index contributed by atoms with van der Waals surface area (Å²) < 4.78 is 7.42. The van der Waals surface area contributed by atoms with Crippen molar-refractivity contribution in [3.8, 4) is 5.75 Å². The number of rotatable bonds is 4. The van der Waals surface area contributed by atoms with E-state index < -0.39 is 0 Å². The van der Waals surface area contributed by atoms with Crippen LogP contribution in [0.15, 0.2) is 58.1 Å². The van der Waals surface area contributed by atoms with E-state index in [1.54, 1.807) is 42.9 Å². The van der Waals surface area contributed by atoms with E-state index in [1.807, 2.05) is 30.3 Å². The van der Waals surface area contributed by atoms with Gasteiger partial charge in [-0.3, -0.25) is 4.79 Å². The molecule has 0 saturated heterocycles. The van der Waals surface area contributed by atoms with Gasteiger partial charge in [-0.2, -0.15) is 5.10 Å². The molecule has 0 bridgehead atoms. The minimum atomic E-state index is -0.261. The third kappa shape index (κ3) is 3.43. The van der Waals surface area contributed by atoms with Crippen LogP contribution in [0.25, 0.3) is 10.1 Å². The van der Waals surface area contributed by atoms with Crippen molar-refractivity contribution in [2.75, 3.05) is 7.11 Å². The van der Waals surface area contributed by atoms with Crippen LogP contribution < -0.4 is 10.2 Å². The Balaban J connectivity index is 1.79. The number of ether oxygens (including phenoxy) is 1. The highest BCUT2D eigenvalue weighted by atomic mass is 79.9. The number of hydrogen-bond acceptors (Lipinski definition) is 4. The zero-order valence-electron chi connectivity index (χ0n) is 12.2. The number of methoxy groups -OCH3 is 1. The van der Waals surface area contributed by atoms with Crippen molar-refractivity contribution >= 4 is 49.5 Å². The van der Waals surface area contributed by atoms with Crippen molar-refractivity contribution in [3.63, 3.8) is 0 Å². The van der Waals surface area contributed by atoms with E-state index in [9.17, 15) is 4.79 Å². The highest BCUT2D eigenvalue weighted by Gasteiger charge is 2.10. The Morgan fingerprint density at radius 1 is 1.26 bits per heavy atom. The second-order valence-corrected chi connectivity index (χ2v) is 6.70. The summed E-state index contributed by atoms with van der Waals surface area (Å²) in [5.74, 6) is 0.508. The Bertz CT molecular complexity index is 889. The molecule has 6 heteroatoms. The van der Waals surface area contributed by atoms with E-state index in [2.05, 4.69) is 26.5 Å². The largest absolute Gasteiger partial charge is 0.495 e. The molecule has 0 aliphatic carbocycles. The van der Waals surface area contributed by atoms with Crippen LogP contribution in [0.3, 0.4) is 0 Å². The minimum absolute atomic E-state index is 0.261. The molecular formula is C17H13BrN2O2S. The molecule has 1 amide bonds. The maximum Gasteiger partial charge on any atom is 0.271 e. The number of carbonyl (C=O) groups excluding carboxylic acids is 1. The van der Waals surface area contributed by atoms with Crippen LogP contribution in [0.4, 0.5) is 0 Å². The van der Waals surface area contributed by atoms with Gasteiger partial charge in [0.05, 0.1) is 18.2 Å². The second kappa shape index (κ2) is 6.93. The highest BCUT2D eigenvalue weighted by Crippen LogP contribution is 2.36. The molecule has 3 aromatic rings. The number of nitrogens with one attached hydrogen (secondary N) is 1. The molecule has 0 aliphatic heterocycles. The summed E-state index contributed by atoms with van der Waals surface area (Å²) in [6, 6.07) is 15.1. The first-order valence-corrected chi connectivity index (χ1v) is 8.44. The molecule has 0 radical (unpaired) electrons. The molecule has 1 N–H and O–H groups in total. The minimum Gasteiger partial charge on any atom is -0.495 e. The van der Waals surface area contributed by atoms with E-state index in [4.69, 9.17) is 4.74 Å². The molecule has 0 unspecified atom stereocenters. The SMILES string of the molecule is COc1c(/C=N\NC(=O)c2cccc(Br)c2)sc2ccccc12. The third-order valence-electron chi connectivity index (χ3n) is 3.21. The molecule has 0 atom stereocenters. The summed E-state index contributed by atoms with van der Waals surface area (Å²) in [5, 5.41) is 5.08. The van der Waals surface area contributed by atoms with Crippen molar-refractivity contribution in [3.05, 3.63) is 63.4 Å². The molecule has 1 aromatic heterocycles. The Hall–Kier alpha value is -2.18. The Morgan fingerprint density at radius 2 is 2.09 bits per heavy atom. The van der Waals surface area contributed by atoms with Crippen LogP contribution >= 0.6 is 27.3 Å². The lowest BCUT2D eigenvalue weighted by Gasteiger charge is -2.01. The summed E-state index contributed by atoms with van der Waals surface area (Å²) in [4.78, 5) is 12.9. The van der Waals surface area contributed by atoms with E-state index in [-0.39, 0.29) is 5.91 Å². The Kier molecular flexibility index (Phi) is 4.73. The summed E-state index contributed by atoms with van der Waals surface area (Å²) in [6.07, 6.45) is 1.61. The average molecular weight is 389 g/mol. The molecule has 0 aliphatic rings. The van der Waals surface area contributed by atoms with Gasteiger partial charge in [0.15, 0.2) is 0 Å². The van der Waals surface area contributed by atoms with E-state index in [0.717, 1.165) is 25.2 Å². The van der Waals surface area contributed by atoms with E-state index >= 15 is 0 Å². The van der Waals surface area contributed by atoms with Gasteiger partial charge < -0.3 is 4.74 Å². The Morgan fingerprint density at radius 3 is 2.87 bits per heavy atom. The molecule has 1 heterocycles. The summed E-state index contributed by atoms with van der Waals surface area (Å²) in [5.41, 5.74) is 3.07. The number of benzene rings is 2. The van der Waals surface area contributed by atoms with Crippen LogP contribution in [-0.2, 0) is 0 Å². The van der Waals surface area contributed by atoms with Crippen molar-refractivity contribution in [1.82, 2.24) is 5.43 Å². The molecule has 116 valence electrons. The van der Waals surface area contributed by atoms with Gasteiger partial charge in [-0.25, -0.2) is 5.43 Å². The van der Waals surface area contributed by atoms with Crippen LogP contribution in [0.2, 0.25) is 0 Å². The molecular weight excluding hydrogens is 376 g/mol. The summed E-state index contributed by atoms with van der Waals surface area (Å²) in [6.45, 7) is 0. The number of nitrogens with zero attached hydrogens (tertiary/aromatic N) is 1. The lowest BCUT2D eigenvalue weighted by Crippen LogP contribution is -2.17. The fraction of sp³-hybridized carbons (Fsp3) is 0.0588. The van der Waals surface area contributed by atoms with Gasteiger partial charge in [0.1, 0.15) is 5.75 Å². The second-order valence-electron chi connectivity index (χ2n) is 4.71. The monoisotopic (exact) mass is 388 g/mol. The van der Waals surface area contributed by atoms with E-state index in [0.29, 0.717) is 5.56 Å². The van der Waals surface area contributed by atoms with Gasteiger partial charge in [-0.1, -0.05) is 34.1 Å². The van der Waals surface area contributed by atoms with Crippen molar-refractivity contribution in [2.24, 2.45) is 5.10 Å². The lowest BCUT2D eigenvalue weighted by molar-refractivity contribution is 0.0955.